The predicted molar refractivity (Wildman–Crippen MR) is 87.8 cm³/mol. The summed E-state index contributed by atoms with van der Waals surface area (Å²) in [5, 5.41) is 13.3. The fraction of sp³-hybridized carbons (Fsp3) is 0.667. The molecule has 0 amide bonds. The van der Waals surface area contributed by atoms with Crippen molar-refractivity contribution < 1.29 is 9.84 Å². The summed E-state index contributed by atoms with van der Waals surface area (Å²) in [6.45, 7) is 7.41. The molecule has 0 heterocycles. The Kier molecular flexibility index (Phi) is 6.07. The molecule has 0 aromatic heterocycles. The van der Waals surface area contributed by atoms with Crippen LogP contribution >= 0.6 is 0 Å². The van der Waals surface area contributed by atoms with E-state index in [1.807, 2.05) is 0 Å². The average Bonchev–Trinajstić information content (AvgIpc) is 2.47. The first-order chi connectivity index (χ1) is 10.1. The van der Waals surface area contributed by atoms with Gasteiger partial charge in [0.15, 0.2) is 0 Å². The van der Waals surface area contributed by atoms with Gasteiger partial charge in [-0.15, -0.1) is 0 Å². The molecule has 1 saturated carbocycles. The van der Waals surface area contributed by atoms with Crippen molar-refractivity contribution >= 4 is 5.69 Å². The molecule has 0 spiro atoms. The first-order valence-corrected chi connectivity index (χ1v) is 8.17. The van der Waals surface area contributed by atoms with E-state index in [4.69, 9.17) is 4.74 Å². The van der Waals surface area contributed by atoms with Crippen molar-refractivity contribution in [3.63, 3.8) is 0 Å². The highest BCUT2D eigenvalue weighted by Crippen LogP contribution is 2.26. The fourth-order valence-electron chi connectivity index (χ4n) is 2.91. The van der Waals surface area contributed by atoms with E-state index >= 15 is 0 Å². The number of hydrogen-bond acceptors (Lipinski definition) is 3. The van der Waals surface area contributed by atoms with Gasteiger partial charge in [-0.05, 0) is 55.9 Å². The van der Waals surface area contributed by atoms with Crippen LogP contribution in [0.5, 0.6) is 0 Å². The van der Waals surface area contributed by atoms with Gasteiger partial charge in [0, 0.05) is 12.2 Å². The van der Waals surface area contributed by atoms with Gasteiger partial charge in [0.2, 0.25) is 0 Å². The van der Waals surface area contributed by atoms with Gasteiger partial charge in [-0.1, -0.05) is 25.8 Å². The summed E-state index contributed by atoms with van der Waals surface area (Å²) >= 11 is 0. The molecule has 3 unspecified atom stereocenters. The minimum Gasteiger partial charge on any atom is -0.389 e. The quantitative estimate of drug-likeness (QED) is 0.840. The number of hydrogen-bond donors (Lipinski definition) is 2. The van der Waals surface area contributed by atoms with E-state index in [1.54, 1.807) is 0 Å². The molecule has 0 radical (unpaired) electrons. The largest absolute Gasteiger partial charge is 0.389 e. The van der Waals surface area contributed by atoms with Crippen LogP contribution in [0, 0.1) is 19.8 Å². The van der Waals surface area contributed by atoms with Crippen molar-refractivity contribution in [3.8, 4) is 0 Å². The molecule has 1 aliphatic carbocycles. The lowest BCUT2D eigenvalue weighted by atomic mass is 9.88. The van der Waals surface area contributed by atoms with E-state index in [0.29, 0.717) is 25.2 Å². The van der Waals surface area contributed by atoms with Gasteiger partial charge in [0.25, 0.3) is 0 Å². The van der Waals surface area contributed by atoms with Gasteiger partial charge in [-0.2, -0.15) is 0 Å². The average molecular weight is 291 g/mol. The Bertz CT molecular complexity index is 447. The summed E-state index contributed by atoms with van der Waals surface area (Å²) in [5.74, 6) is 0.624. The summed E-state index contributed by atoms with van der Waals surface area (Å²) in [6.07, 6.45) is 4.83. The number of rotatable bonds is 6. The zero-order valence-electron chi connectivity index (χ0n) is 13.6. The van der Waals surface area contributed by atoms with Gasteiger partial charge in [-0.3, -0.25) is 0 Å². The lowest BCUT2D eigenvalue weighted by Gasteiger charge is -2.29. The first-order valence-electron chi connectivity index (χ1n) is 8.17. The Labute approximate surface area is 128 Å². The van der Waals surface area contributed by atoms with Gasteiger partial charge in [0.1, 0.15) is 0 Å². The lowest BCUT2D eigenvalue weighted by molar-refractivity contribution is -0.0424. The Balaban J connectivity index is 1.71. The third-order valence-electron chi connectivity index (χ3n) is 4.58. The molecule has 2 rings (SSSR count). The second kappa shape index (κ2) is 7.81. The van der Waals surface area contributed by atoms with E-state index in [-0.39, 0.29) is 0 Å². The van der Waals surface area contributed by atoms with Crippen LogP contribution in [0.25, 0.3) is 0 Å². The van der Waals surface area contributed by atoms with Gasteiger partial charge >= 0.3 is 0 Å². The Hall–Kier alpha value is -1.06. The highest BCUT2D eigenvalue weighted by Gasteiger charge is 2.22. The molecule has 0 saturated heterocycles. The lowest BCUT2D eigenvalue weighted by Crippen LogP contribution is -2.32. The molecule has 0 bridgehead atoms. The standard InChI is InChI=1S/C18H29NO2/c1-13-8-9-16(10-15(13)3)19-11-17(20)12-21-18-7-5-4-6-14(18)2/h8-10,14,17-20H,4-7,11-12H2,1-3H3. The highest BCUT2D eigenvalue weighted by molar-refractivity contribution is 5.48. The molecule has 2 N–H and O–H groups in total. The number of ether oxygens (including phenoxy) is 1. The van der Waals surface area contributed by atoms with Crippen LogP contribution in [0.4, 0.5) is 5.69 Å². The molecule has 1 aromatic rings. The molecule has 3 atom stereocenters. The maximum absolute atomic E-state index is 10.1. The smallest absolute Gasteiger partial charge is 0.0945 e. The maximum atomic E-state index is 10.1. The third-order valence-corrected chi connectivity index (χ3v) is 4.58. The zero-order chi connectivity index (χ0) is 15.2. The number of benzene rings is 1. The maximum Gasteiger partial charge on any atom is 0.0945 e. The monoisotopic (exact) mass is 291 g/mol. The number of aliphatic hydroxyl groups excluding tert-OH is 1. The van der Waals surface area contributed by atoms with E-state index in [0.717, 1.165) is 12.1 Å². The second-order valence-electron chi connectivity index (χ2n) is 6.47. The summed E-state index contributed by atoms with van der Waals surface area (Å²) in [6, 6.07) is 6.27. The van der Waals surface area contributed by atoms with Crippen LogP contribution in [0.15, 0.2) is 18.2 Å². The number of nitrogens with one attached hydrogen (secondary N) is 1. The summed E-state index contributed by atoms with van der Waals surface area (Å²) in [7, 11) is 0. The van der Waals surface area contributed by atoms with Crippen molar-refractivity contribution in [3.05, 3.63) is 29.3 Å². The summed E-state index contributed by atoms with van der Waals surface area (Å²) in [5.41, 5.74) is 3.61. The molecule has 21 heavy (non-hydrogen) atoms. The van der Waals surface area contributed by atoms with Crippen LogP contribution in [-0.2, 0) is 4.74 Å². The fourth-order valence-corrected chi connectivity index (χ4v) is 2.91. The molecule has 118 valence electrons. The van der Waals surface area contributed by atoms with E-state index in [2.05, 4.69) is 44.3 Å². The van der Waals surface area contributed by atoms with Crippen molar-refractivity contribution in [2.45, 2.75) is 58.7 Å². The van der Waals surface area contributed by atoms with Crippen molar-refractivity contribution in [1.29, 1.82) is 0 Å². The molecule has 3 nitrogen and oxygen atoms in total. The van der Waals surface area contributed by atoms with Crippen LogP contribution < -0.4 is 5.32 Å². The predicted octanol–water partition coefficient (Wildman–Crippen LogP) is 3.67. The molecule has 1 aliphatic rings. The minimum atomic E-state index is -0.458. The van der Waals surface area contributed by atoms with Crippen molar-refractivity contribution in [2.75, 3.05) is 18.5 Å². The molecule has 0 aliphatic heterocycles. The number of anilines is 1. The van der Waals surface area contributed by atoms with E-state index in [9.17, 15) is 5.11 Å². The highest BCUT2D eigenvalue weighted by atomic mass is 16.5. The van der Waals surface area contributed by atoms with Crippen molar-refractivity contribution in [1.82, 2.24) is 0 Å². The number of aliphatic hydroxyl groups is 1. The summed E-state index contributed by atoms with van der Waals surface area (Å²) in [4.78, 5) is 0. The van der Waals surface area contributed by atoms with E-state index in [1.165, 1.54) is 30.4 Å². The minimum absolute atomic E-state index is 0.329. The van der Waals surface area contributed by atoms with Crippen LogP contribution in [0.3, 0.4) is 0 Å². The third kappa shape index (κ3) is 5.01. The number of aryl methyl sites for hydroxylation is 2. The molecular weight excluding hydrogens is 262 g/mol. The van der Waals surface area contributed by atoms with Gasteiger partial charge in [0.05, 0.1) is 18.8 Å². The molecular formula is C18H29NO2. The summed E-state index contributed by atoms with van der Waals surface area (Å²) < 4.78 is 5.90. The van der Waals surface area contributed by atoms with Crippen LogP contribution in [0.2, 0.25) is 0 Å². The van der Waals surface area contributed by atoms with Crippen LogP contribution in [0.1, 0.15) is 43.7 Å². The normalized spacial score (nSPS) is 23.8. The first kappa shape index (κ1) is 16.3. The van der Waals surface area contributed by atoms with Gasteiger partial charge in [-0.25, -0.2) is 0 Å². The van der Waals surface area contributed by atoms with Gasteiger partial charge < -0.3 is 15.2 Å². The second-order valence-corrected chi connectivity index (χ2v) is 6.47. The topological polar surface area (TPSA) is 41.5 Å². The molecule has 1 fully saturated rings. The Morgan fingerprint density at radius 3 is 2.71 bits per heavy atom. The van der Waals surface area contributed by atoms with E-state index < -0.39 is 6.10 Å². The Morgan fingerprint density at radius 2 is 2.00 bits per heavy atom. The zero-order valence-corrected chi connectivity index (χ0v) is 13.6. The van der Waals surface area contributed by atoms with Crippen molar-refractivity contribution in [2.24, 2.45) is 5.92 Å². The molecule has 1 aromatic carbocycles. The molecule has 3 heteroatoms. The SMILES string of the molecule is Cc1ccc(NCC(O)COC2CCCCC2C)cc1C. The van der Waals surface area contributed by atoms with Crippen LogP contribution in [-0.4, -0.2) is 30.5 Å². The Morgan fingerprint density at radius 1 is 1.24 bits per heavy atom.